The van der Waals surface area contributed by atoms with Crippen LogP contribution >= 0.6 is 0 Å². The number of allylic oxidation sites excluding steroid dienone is 4. The molecule has 0 spiro atoms. The fourth-order valence-corrected chi connectivity index (χ4v) is 1.62. The van der Waals surface area contributed by atoms with E-state index in [1.54, 1.807) is 24.3 Å². The van der Waals surface area contributed by atoms with E-state index in [0.717, 1.165) is 0 Å². The van der Waals surface area contributed by atoms with Gasteiger partial charge < -0.3 is 14.6 Å². The molecule has 5 nitrogen and oxygen atoms in total. The Bertz CT molecular complexity index is 633. The maximum Gasteiger partial charge on any atom is 0.306 e. The van der Waals surface area contributed by atoms with E-state index in [1.807, 2.05) is 13.8 Å². The lowest BCUT2D eigenvalue weighted by atomic mass is 10.1. The molecule has 1 N–H and O–H groups in total. The number of rotatable bonds is 9. The predicted molar refractivity (Wildman–Crippen MR) is 101 cm³/mol. The van der Waals surface area contributed by atoms with Gasteiger partial charge in [0.25, 0.3) is 0 Å². The number of carbonyl (C=O) groups excluding carboxylic acids is 2. The summed E-state index contributed by atoms with van der Waals surface area (Å²) in [7, 11) is 0. The van der Waals surface area contributed by atoms with Crippen molar-refractivity contribution in [3.63, 3.8) is 0 Å². The zero-order chi connectivity index (χ0) is 19.6. The first-order valence-corrected chi connectivity index (χ1v) is 8.38. The van der Waals surface area contributed by atoms with Gasteiger partial charge in [0.15, 0.2) is 0 Å². The van der Waals surface area contributed by atoms with Crippen LogP contribution < -0.4 is 0 Å². The third-order valence-corrected chi connectivity index (χ3v) is 2.70. The molecular weight excluding hydrogens is 332 g/mol. The number of carbonyl (C=O) groups is 2. The Morgan fingerprint density at radius 3 is 2.42 bits per heavy atom. The summed E-state index contributed by atoms with van der Waals surface area (Å²) in [5.74, 6) is 10.2. The molecule has 0 aromatic carbocycles. The number of ether oxygens (including phenoxy) is 2. The minimum atomic E-state index is -0.471. The second kappa shape index (κ2) is 15.7. The highest BCUT2D eigenvalue weighted by Crippen LogP contribution is 2.08. The number of hydrogen-bond acceptors (Lipinski definition) is 5. The summed E-state index contributed by atoms with van der Waals surface area (Å²) in [5.41, 5.74) is 0. The first kappa shape index (κ1) is 23.2. The molecule has 0 bridgehead atoms. The van der Waals surface area contributed by atoms with Gasteiger partial charge in [0.05, 0.1) is 13.2 Å². The van der Waals surface area contributed by atoms with Gasteiger partial charge >= 0.3 is 11.9 Å². The van der Waals surface area contributed by atoms with Crippen LogP contribution in [0.5, 0.6) is 0 Å². The number of aliphatic hydroxyl groups excluding tert-OH is 1. The zero-order valence-corrected chi connectivity index (χ0v) is 15.5. The van der Waals surface area contributed by atoms with E-state index < -0.39 is 6.10 Å². The Morgan fingerprint density at radius 1 is 1.12 bits per heavy atom. The van der Waals surface area contributed by atoms with E-state index in [2.05, 4.69) is 23.7 Å². The van der Waals surface area contributed by atoms with E-state index in [0.29, 0.717) is 12.8 Å². The summed E-state index contributed by atoms with van der Waals surface area (Å²) in [6.07, 6.45) is 10.0. The lowest BCUT2D eigenvalue weighted by molar-refractivity contribution is -0.149. The second-order valence-corrected chi connectivity index (χ2v) is 5.62. The molecule has 0 aliphatic rings. The maximum atomic E-state index is 11.8. The summed E-state index contributed by atoms with van der Waals surface area (Å²) in [6, 6.07) is 0. The van der Waals surface area contributed by atoms with Gasteiger partial charge in [-0.15, -0.1) is 0 Å². The lowest BCUT2D eigenvalue weighted by Crippen LogP contribution is -2.19. The van der Waals surface area contributed by atoms with Gasteiger partial charge in [-0.2, -0.15) is 0 Å². The average Bonchev–Trinajstić information content (AvgIpc) is 2.55. The van der Waals surface area contributed by atoms with Crippen LogP contribution in [0.15, 0.2) is 36.5 Å². The van der Waals surface area contributed by atoms with Crippen LogP contribution in [-0.2, 0) is 19.1 Å². The first-order valence-electron chi connectivity index (χ1n) is 8.38. The molecule has 0 amide bonds. The molecule has 0 rings (SSSR count). The molecule has 0 fully saturated rings. The highest BCUT2D eigenvalue weighted by molar-refractivity contribution is 5.70. The summed E-state index contributed by atoms with van der Waals surface area (Å²) in [6.45, 7) is 5.34. The second-order valence-electron chi connectivity index (χ2n) is 5.62. The average molecular weight is 358 g/mol. The van der Waals surface area contributed by atoms with Crippen LogP contribution in [0, 0.1) is 29.6 Å². The van der Waals surface area contributed by atoms with E-state index in [1.165, 1.54) is 19.1 Å². The molecule has 1 atom stereocenters. The van der Waals surface area contributed by atoms with E-state index in [4.69, 9.17) is 14.6 Å². The van der Waals surface area contributed by atoms with Crippen LogP contribution in [0.2, 0.25) is 0 Å². The molecule has 0 heterocycles. The minimum Gasteiger partial charge on any atom is -0.466 e. The Labute approximate surface area is 155 Å². The quantitative estimate of drug-likeness (QED) is 0.390. The maximum absolute atomic E-state index is 11.8. The molecule has 0 aromatic rings. The van der Waals surface area contributed by atoms with Gasteiger partial charge in [-0.25, -0.2) is 0 Å². The molecular formula is C21H26O5. The molecule has 0 unspecified atom stereocenters. The lowest BCUT2D eigenvalue weighted by Gasteiger charge is -2.15. The predicted octanol–water partition coefficient (Wildman–Crippen LogP) is 2.57. The van der Waals surface area contributed by atoms with Gasteiger partial charge in [-0.3, -0.25) is 9.59 Å². The standard InChI is InChI=1S/C21H26O5/c1-18(2)17-21(24)26-20(14-16-25-19(3)23)13-11-9-7-5-4-6-8-10-12-15-22/h7,9-13,18,20,22H,14-17H2,1-3H3/b9-7+,12-10+,13-11+/t20-/m0/s1. The van der Waals surface area contributed by atoms with Gasteiger partial charge in [0, 0.05) is 19.8 Å². The van der Waals surface area contributed by atoms with Crippen molar-refractivity contribution in [3.05, 3.63) is 36.5 Å². The third-order valence-electron chi connectivity index (χ3n) is 2.70. The number of aliphatic hydroxyl groups is 1. The Kier molecular flexibility index (Phi) is 14.1. The van der Waals surface area contributed by atoms with Gasteiger partial charge in [0.1, 0.15) is 6.10 Å². The van der Waals surface area contributed by atoms with Crippen LogP contribution in [-0.4, -0.2) is 36.4 Å². The molecule has 0 aliphatic carbocycles. The highest BCUT2D eigenvalue weighted by Gasteiger charge is 2.13. The van der Waals surface area contributed by atoms with E-state index in [9.17, 15) is 9.59 Å². The molecule has 0 saturated heterocycles. The monoisotopic (exact) mass is 358 g/mol. The molecule has 0 radical (unpaired) electrons. The van der Waals surface area contributed by atoms with Crippen LogP contribution in [0.3, 0.4) is 0 Å². The van der Waals surface area contributed by atoms with Crippen molar-refractivity contribution in [2.24, 2.45) is 5.92 Å². The smallest absolute Gasteiger partial charge is 0.306 e. The van der Waals surface area contributed by atoms with Crippen LogP contribution in [0.25, 0.3) is 0 Å². The molecule has 0 aliphatic heterocycles. The Balaban J connectivity index is 4.59. The SMILES string of the molecule is CC(=O)OCC[C@H](/C=C/C=C/C#CC#C/C=C/CO)OC(=O)CC(C)C. The van der Waals surface area contributed by atoms with Crippen LogP contribution in [0.1, 0.15) is 33.6 Å². The normalized spacial score (nSPS) is 11.9. The van der Waals surface area contributed by atoms with Gasteiger partial charge in [-0.1, -0.05) is 43.9 Å². The molecule has 5 heteroatoms. The number of esters is 2. The number of hydrogen-bond donors (Lipinski definition) is 1. The summed E-state index contributed by atoms with van der Waals surface area (Å²) >= 11 is 0. The fraction of sp³-hybridized carbons (Fsp3) is 0.429. The van der Waals surface area contributed by atoms with Crippen molar-refractivity contribution in [2.45, 2.75) is 39.7 Å². The fourth-order valence-electron chi connectivity index (χ4n) is 1.62. The Morgan fingerprint density at radius 2 is 1.81 bits per heavy atom. The van der Waals surface area contributed by atoms with Crippen molar-refractivity contribution in [1.82, 2.24) is 0 Å². The third kappa shape index (κ3) is 16.1. The topological polar surface area (TPSA) is 72.8 Å². The summed E-state index contributed by atoms with van der Waals surface area (Å²) < 4.78 is 10.3. The van der Waals surface area contributed by atoms with Crippen molar-refractivity contribution < 1.29 is 24.2 Å². The molecule has 0 aromatic heterocycles. The van der Waals surface area contributed by atoms with Gasteiger partial charge in [0.2, 0.25) is 0 Å². The van der Waals surface area contributed by atoms with Crippen molar-refractivity contribution in [1.29, 1.82) is 0 Å². The van der Waals surface area contributed by atoms with Crippen LogP contribution in [0.4, 0.5) is 0 Å². The van der Waals surface area contributed by atoms with Gasteiger partial charge in [-0.05, 0) is 36.0 Å². The summed E-state index contributed by atoms with van der Waals surface area (Å²) in [4.78, 5) is 22.6. The van der Waals surface area contributed by atoms with Crippen molar-refractivity contribution in [2.75, 3.05) is 13.2 Å². The summed E-state index contributed by atoms with van der Waals surface area (Å²) in [5, 5.41) is 8.52. The largest absolute Gasteiger partial charge is 0.466 e. The van der Waals surface area contributed by atoms with Crippen molar-refractivity contribution >= 4 is 11.9 Å². The minimum absolute atomic E-state index is 0.0484. The first-order chi connectivity index (χ1) is 12.5. The van der Waals surface area contributed by atoms with E-state index >= 15 is 0 Å². The molecule has 140 valence electrons. The molecule has 26 heavy (non-hydrogen) atoms. The molecule has 0 saturated carbocycles. The highest BCUT2D eigenvalue weighted by atomic mass is 16.6. The Hall–Kier alpha value is -2.76. The van der Waals surface area contributed by atoms with Crippen molar-refractivity contribution in [3.8, 4) is 23.7 Å². The zero-order valence-electron chi connectivity index (χ0n) is 15.5. The van der Waals surface area contributed by atoms with E-state index in [-0.39, 0.29) is 31.1 Å².